The summed E-state index contributed by atoms with van der Waals surface area (Å²) in [6, 6.07) is 13.4. The molecule has 1 amide bonds. The Hall–Kier alpha value is -3.79. The molecule has 0 aliphatic carbocycles. The molecule has 10 heteroatoms. The number of nitrogens with zero attached hydrogens (tertiary/aromatic N) is 2. The summed E-state index contributed by atoms with van der Waals surface area (Å²) < 4.78 is 27.0. The highest BCUT2D eigenvalue weighted by molar-refractivity contribution is 7.92. The molecule has 0 fully saturated rings. The second-order valence-corrected chi connectivity index (χ2v) is 7.57. The van der Waals surface area contributed by atoms with Gasteiger partial charge in [-0.1, -0.05) is 18.2 Å². The van der Waals surface area contributed by atoms with Crippen molar-refractivity contribution in [3.63, 3.8) is 0 Å². The van der Waals surface area contributed by atoms with Crippen molar-refractivity contribution < 1.29 is 23.1 Å². The van der Waals surface area contributed by atoms with Crippen LogP contribution in [0.15, 0.2) is 71.9 Å². The van der Waals surface area contributed by atoms with Crippen LogP contribution in [0.1, 0.15) is 15.9 Å². The van der Waals surface area contributed by atoms with E-state index in [4.69, 9.17) is 5.11 Å². The molecule has 29 heavy (non-hydrogen) atoms. The maximum absolute atomic E-state index is 12.5. The Morgan fingerprint density at radius 2 is 1.59 bits per heavy atom. The van der Waals surface area contributed by atoms with Crippen molar-refractivity contribution in [2.45, 2.75) is 11.3 Å². The van der Waals surface area contributed by atoms with Crippen LogP contribution in [0.25, 0.3) is 0 Å². The highest BCUT2D eigenvalue weighted by Crippen LogP contribution is 2.18. The van der Waals surface area contributed by atoms with Gasteiger partial charge >= 0.3 is 5.97 Å². The van der Waals surface area contributed by atoms with Crippen LogP contribution < -0.4 is 10.0 Å². The fraction of sp³-hybridized carbons (Fsp3) is 0.0526. The highest BCUT2D eigenvalue weighted by atomic mass is 32.2. The van der Waals surface area contributed by atoms with Gasteiger partial charge < -0.3 is 10.4 Å². The van der Waals surface area contributed by atoms with E-state index in [1.807, 2.05) is 0 Å². The number of carboxylic acids is 1. The molecule has 0 aliphatic rings. The number of nitrogens with one attached hydrogen (secondary N) is 2. The van der Waals surface area contributed by atoms with Gasteiger partial charge in [0.05, 0.1) is 11.3 Å². The molecule has 2 aromatic carbocycles. The number of anilines is 2. The standard InChI is InChI=1S/C19H16N4O5S/c24-17(25)12-13-4-1-2-5-16(13)18(26)22-14-6-8-15(9-7-14)29(27,28)23-19-20-10-3-11-21-19/h1-11H,12H2,(H,22,26)(H,24,25)(H,20,21,23). The zero-order valence-corrected chi connectivity index (χ0v) is 15.8. The minimum Gasteiger partial charge on any atom is -0.481 e. The van der Waals surface area contributed by atoms with Gasteiger partial charge in [-0.15, -0.1) is 0 Å². The average molecular weight is 412 g/mol. The first-order valence-electron chi connectivity index (χ1n) is 8.36. The Kier molecular flexibility index (Phi) is 5.84. The summed E-state index contributed by atoms with van der Waals surface area (Å²) in [7, 11) is -3.88. The summed E-state index contributed by atoms with van der Waals surface area (Å²) in [6.45, 7) is 0. The summed E-state index contributed by atoms with van der Waals surface area (Å²) in [5, 5.41) is 11.6. The van der Waals surface area contributed by atoms with Crippen LogP contribution in [0.3, 0.4) is 0 Å². The van der Waals surface area contributed by atoms with Crippen molar-refractivity contribution in [3.05, 3.63) is 78.1 Å². The molecule has 0 saturated carbocycles. The number of hydrogen-bond donors (Lipinski definition) is 3. The lowest BCUT2D eigenvalue weighted by Crippen LogP contribution is -2.16. The van der Waals surface area contributed by atoms with Crippen molar-refractivity contribution in [1.29, 1.82) is 0 Å². The number of aliphatic carboxylic acids is 1. The molecular formula is C19H16N4O5S. The molecular weight excluding hydrogens is 396 g/mol. The van der Waals surface area contributed by atoms with Crippen molar-refractivity contribution >= 4 is 33.5 Å². The third-order valence-corrected chi connectivity index (χ3v) is 5.16. The zero-order chi connectivity index (χ0) is 20.9. The molecule has 1 aromatic heterocycles. The molecule has 3 N–H and O–H groups in total. The molecule has 148 valence electrons. The third-order valence-electron chi connectivity index (χ3n) is 3.82. The SMILES string of the molecule is O=C(O)Cc1ccccc1C(=O)Nc1ccc(S(=O)(=O)Nc2ncccn2)cc1. The average Bonchev–Trinajstić information content (AvgIpc) is 2.69. The van der Waals surface area contributed by atoms with Gasteiger partial charge in [0.2, 0.25) is 5.95 Å². The van der Waals surface area contributed by atoms with Crippen molar-refractivity contribution in [2.24, 2.45) is 0 Å². The van der Waals surface area contributed by atoms with E-state index in [0.29, 0.717) is 11.3 Å². The van der Waals surface area contributed by atoms with E-state index in [9.17, 15) is 18.0 Å². The quantitative estimate of drug-likeness (QED) is 0.540. The van der Waals surface area contributed by atoms with Crippen LogP contribution >= 0.6 is 0 Å². The smallest absolute Gasteiger partial charge is 0.307 e. The molecule has 0 spiro atoms. The number of carboxylic acid groups (broad SMARTS) is 1. The van der Waals surface area contributed by atoms with E-state index in [1.54, 1.807) is 24.3 Å². The summed E-state index contributed by atoms with van der Waals surface area (Å²) in [6.07, 6.45) is 2.53. The monoisotopic (exact) mass is 412 g/mol. The number of aromatic nitrogens is 2. The first kappa shape index (κ1) is 20.0. The van der Waals surface area contributed by atoms with Crippen LogP contribution in [-0.4, -0.2) is 35.4 Å². The maximum Gasteiger partial charge on any atom is 0.307 e. The second kappa shape index (κ2) is 8.48. The summed E-state index contributed by atoms with van der Waals surface area (Å²) in [5.41, 5.74) is 0.966. The Labute approximate surface area is 166 Å². The van der Waals surface area contributed by atoms with Gasteiger partial charge in [-0.05, 0) is 42.0 Å². The molecule has 0 bridgehead atoms. The van der Waals surface area contributed by atoms with Gasteiger partial charge in [0.25, 0.3) is 15.9 Å². The number of benzene rings is 2. The lowest BCUT2D eigenvalue weighted by molar-refractivity contribution is -0.136. The third kappa shape index (κ3) is 5.14. The molecule has 9 nitrogen and oxygen atoms in total. The first-order valence-corrected chi connectivity index (χ1v) is 9.84. The number of rotatable bonds is 7. The summed E-state index contributed by atoms with van der Waals surface area (Å²) in [4.78, 5) is 31.0. The van der Waals surface area contributed by atoms with E-state index in [0.717, 1.165) is 0 Å². The lowest BCUT2D eigenvalue weighted by Gasteiger charge is -2.10. The Morgan fingerprint density at radius 1 is 0.931 bits per heavy atom. The topological polar surface area (TPSA) is 138 Å². The molecule has 0 aliphatic heterocycles. The molecule has 0 unspecified atom stereocenters. The number of amides is 1. The molecule has 0 radical (unpaired) electrons. The Bertz CT molecular complexity index is 1130. The van der Waals surface area contributed by atoms with Crippen LogP contribution in [0.4, 0.5) is 11.6 Å². The van der Waals surface area contributed by atoms with E-state index in [-0.39, 0.29) is 22.8 Å². The minimum atomic E-state index is -3.88. The highest BCUT2D eigenvalue weighted by Gasteiger charge is 2.17. The van der Waals surface area contributed by atoms with Crippen LogP contribution in [0.2, 0.25) is 0 Å². The van der Waals surface area contributed by atoms with Crippen LogP contribution in [-0.2, 0) is 21.2 Å². The minimum absolute atomic E-state index is 0.0331. The Balaban J connectivity index is 1.74. The summed E-state index contributed by atoms with van der Waals surface area (Å²) in [5.74, 6) is -1.59. The predicted molar refractivity (Wildman–Crippen MR) is 105 cm³/mol. The van der Waals surface area contributed by atoms with Crippen LogP contribution in [0.5, 0.6) is 0 Å². The number of sulfonamides is 1. The van der Waals surface area contributed by atoms with Gasteiger partial charge in [-0.25, -0.2) is 23.1 Å². The normalized spacial score (nSPS) is 10.9. The lowest BCUT2D eigenvalue weighted by atomic mass is 10.0. The largest absolute Gasteiger partial charge is 0.481 e. The predicted octanol–water partition coefficient (Wildman–Crippen LogP) is 2.16. The summed E-state index contributed by atoms with van der Waals surface area (Å²) >= 11 is 0. The number of carbonyl (C=O) groups is 2. The van der Waals surface area contributed by atoms with Crippen molar-refractivity contribution in [1.82, 2.24) is 9.97 Å². The molecule has 0 atom stereocenters. The fourth-order valence-corrected chi connectivity index (χ4v) is 3.46. The maximum atomic E-state index is 12.5. The van der Waals surface area contributed by atoms with E-state index in [2.05, 4.69) is 20.0 Å². The fourth-order valence-electron chi connectivity index (χ4n) is 2.51. The molecule has 3 aromatic rings. The van der Waals surface area contributed by atoms with Gasteiger partial charge in [0.1, 0.15) is 0 Å². The van der Waals surface area contributed by atoms with E-state index in [1.165, 1.54) is 42.7 Å². The van der Waals surface area contributed by atoms with Crippen LogP contribution in [0, 0.1) is 0 Å². The number of carbonyl (C=O) groups excluding carboxylic acids is 1. The van der Waals surface area contributed by atoms with Gasteiger partial charge in [-0.2, -0.15) is 0 Å². The first-order chi connectivity index (χ1) is 13.8. The number of hydrogen-bond acceptors (Lipinski definition) is 6. The van der Waals surface area contributed by atoms with E-state index >= 15 is 0 Å². The van der Waals surface area contributed by atoms with E-state index < -0.39 is 21.9 Å². The molecule has 3 rings (SSSR count). The molecule has 1 heterocycles. The van der Waals surface area contributed by atoms with Gasteiger partial charge in [-0.3, -0.25) is 9.59 Å². The Morgan fingerprint density at radius 3 is 2.24 bits per heavy atom. The van der Waals surface area contributed by atoms with Gasteiger partial charge in [0, 0.05) is 23.6 Å². The van der Waals surface area contributed by atoms with Crippen molar-refractivity contribution in [2.75, 3.05) is 10.0 Å². The van der Waals surface area contributed by atoms with Crippen molar-refractivity contribution in [3.8, 4) is 0 Å². The zero-order valence-electron chi connectivity index (χ0n) is 14.9. The second-order valence-electron chi connectivity index (χ2n) is 5.88. The van der Waals surface area contributed by atoms with Gasteiger partial charge in [0.15, 0.2) is 0 Å². The molecule has 0 saturated heterocycles.